The maximum atomic E-state index is 11.9. The average Bonchev–Trinajstić information content (AvgIpc) is 2.47. The first-order valence-corrected chi connectivity index (χ1v) is 6.81. The first-order chi connectivity index (χ1) is 10.1. The molecule has 0 saturated heterocycles. The van der Waals surface area contributed by atoms with Crippen LogP contribution in [0.3, 0.4) is 0 Å². The molecule has 6 nitrogen and oxygen atoms in total. The van der Waals surface area contributed by atoms with Crippen molar-refractivity contribution < 1.29 is 9.72 Å². The Labute approximate surface area is 122 Å². The van der Waals surface area contributed by atoms with Crippen LogP contribution in [0.1, 0.15) is 35.2 Å². The third kappa shape index (κ3) is 3.98. The number of benzene rings is 1. The third-order valence-electron chi connectivity index (χ3n) is 3.42. The summed E-state index contributed by atoms with van der Waals surface area (Å²) in [6, 6.07) is 4.26. The summed E-state index contributed by atoms with van der Waals surface area (Å²) >= 11 is 0. The molecule has 0 spiro atoms. The van der Waals surface area contributed by atoms with Crippen LogP contribution in [0.2, 0.25) is 0 Å². The van der Waals surface area contributed by atoms with Crippen molar-refractivity contribution in [3.63, 3.8) is 0 Å². The molecule has 1 unspecified atom stereocenters. The second-order valence-corrected chi connectivity index (χ2v) is 5.02. The van der Waals surface area contributed by atoms with Crippen molar-refractivity contribution in [3.05, 3.63) is 51.6 Å². The van der Waals surface area contributed by atoms with Gasteiger partial charge in [0, 0.05) is 23.4 Å². The molecule has 21 heavy (non-hydrogen) atoms. The van der Waals surface area contributed by atoms with Gasteiger partial charge in [0.2, 0.25) is 0 Å². The predicted octanol–water partition coefficient (Wildman–Crippen LogP) is 2.98. The molecule has 1 amide bonds. The summed E-state index contributed by atoms with van der Waals surface area (Å²) in [6.07, 6.45) is 9.01. The highest BCUT2D eigenvalue weighted by Crippen LogP contribution is 2.19. The Morgan fingerprint density at radius 1 is 1.48 bits per heavy atom. The maximum absolute atomic E-state index is 11.9. The van der Waals surface area contributed by atoms with Crippen LogP contribution in [0.4, 0.5) is 5.69 Å². The molecule has 0 fully saturated rings. The molecule has 1 aromatic carbocycles. The molecule has 110 valence electrons. The predicted molar refractivity (Wildman–Crippen MR) is 80.3 cm³/mol. The Morgan fingerprint density at radius 3 is 2.90 bits per heavy atom. The minimum atomic E-state index is -0.467. The molecule has 0 aliphatic heterocycles. The Hall–Kier alpha value is -2.50. The van der Waals surface area contributed by atoms with Gasteiger partial charge in [0.05, 0.1) is 4.92 Å². The number of nitro groups is 1. The van der Waals surface area contributed by atoms with E-state index in [1.165, 1.54) is 18.2 Å². The lowest BCUT2D eigenvalue weighted by Crippen LogP contribution is -2.19. The van der Waals surface area contributed by atoms with Gasteiger partial charge in [0.1, 0.15) is 0 Å². The van der Waals surface area contributed by atoms with E-state index in [2.05, 4.69) is 22.7 Å². The van der Waals surface area contributed by atoms with Crippen molar-refractivity contribution >= 4 is 17.8 Å². The fourth-order valence-electron chi connectivity index (χ4n) is 2.22. The minimum Gasteiger partial charge on any atom is -0.267 e. The van der Waals surface area contributed by atoms with Crippen LogP contribution in [0.25, 0.3) is 0 Å². The minimum absolute atomic E-state index is 0.00374. The largest absolute Gasteiger partial charge is 0.272 e. The fourth-order valence-corrected chi connectivity index (χ4v) is 2.22. The molecular weight excluding hydrogens is 270 g/mol. The summed E-state index contributed by atoms with van der Waals surface area (Å²) < 4.78 is 0. The Morgan fingerprint density at radius 2 is 2.29 bits per heavy atom. The van der Waals surface area contributed by atoms with Crippen LogP contribution in [-0.2, 0) is 0 Å². The number of hydrazone groups is 1. The number of allylic oxidation sites excluding steroid dienone is 2. The number of aryl methyl sites for hydroxylation is 1. The number of carbonyl (C=O) groups is 1. The number of hydrogen-bond donors (Lipinski definition) is 1. The van der Waals surface area contributed by atoms with Crippen LogP contribution in [0.5, 0.6) is 0 Å². The van der Waals surface area contributed by atoms with Gasteiger partial charge >= 0.3 is 0 Å². The van der Waals surface area contributed by atoms with Crippen LogP contribution in [0.15, 0.2) is 35.5 Å². The SMILES string of the molecule is Cc1cc(C(=O)N/N=C/C2CC=CCC2)ccc1[N+](=O)[O-]. The summed E-state index contributed by atoms with van der Waals surface area (Å²) in [6.45, 7) is 1.60. The van der Waals surface area contributed by atoms with E-state index in [0.29, 0.717) is 17.0 Å². The number of nitro benzene ring substituents is 1. The Balaban J connectivity index is 1.97. The zero-order chi connectivity index (χ0) is 15.2. The van der Waals surface area contributed by atoms with Gasteiger partial charge in [-0.05, 0) is 44.2 Å². The molecule has 0 saturated carbocycles. The second kappa shape index (κ2) is 6.78. The van der Waals surface area contributed by atoms with E-state index in [1.807, 2.05) is 0 Å². The van der Waals surface area contributed by atoms with Gasteiger partial charge in [-0.15, -0.1) is 0 Å². The highest BCUT2D eigenvalue weighted by Gasteiger charge is 2.13. The quantitative estimate of drug-likeness (QED) is 0.400. The Kier molecular flexibility index (Phi) is 4.81. The van der Waals surface area contributed by atoms with Gasteiger partial charge in [0.15, 0.2) is 0 Å². The van der Waals surface area contributed by atoms with Crippen LogP contribution >= 0.6 is 0 Å². The molecule has 1 aliphatic carbocycles. The monoisotopic (exact) mass is 287 g/mol. The van der Waals surface area contributed by atoms with Crippen molar-refractivity contribution in [1.29, 1.82) is 0 Å². The van der Waals surface area contributed by atoms with Gasteiger partial charge in [-0.2, -0.15) is 5.10 Å². The van der Waals surface area contributed by atoms with Crippen LogP contribution < -0.4 is 5.43 Å². The van der Waals surface area contributed by atoms with Gasteiger partial charge in [-0.3, -0.25) is 14.9 Å². The van der Waals surface area contributed by atoms with Gasteiger partial charge < -0.3 is 0 Å². The lowest BCUT2D eigenvalue weighted by Gasteiger charge is -2.11. The molecule has 0 aromatic heterocycles. The molecule has 1 N–H and O–H groups in total. The molecule has 1 atom stereocenters. The average molecular weight is 287 g/mol. The van der Waals surface area contributed by atoms with Gasteiger partial charge in [-0.1, -0.05) is 12.2 Å². The molecule has 1 aliphatic rings. The summed E-state index contributed by atoms with van der Waals surface area (Å²) in [4.78, 5) is 22.2. The number of nitrogens with one attached hydrogen (secondary N) is 1. The molecule has 2 rings (SSSR count). The van der Waals surface area contributed by atoms with Crippen molar-refractivity contribution in [2.45, 2.75) is 26.2 Å². The third-order valence-corrected chi connectivity index (χ3v) is 3.42. The number of nitrogens with zero attached hydrogens (tertiary/aromatic N) is 2. The van der Waals surface area contributed by atoms with Crippen molar-refractivity contribution in [2.75, 3.05) is 0 Å². The van der Waals surface area contributed by atoms with Crippen LogP contribution in [0, 0.1) is 23.0 Å². The molecule has 6 heteroatoms. The van der Waals surface area contributed by atoms with E-state index in [4.69, 9.17) is 0 Å². The van der Waals surface area contributed by atoms with Crippen molar-refractivity contribution in [1.82, 2.24) is 5.43 Å². The van der Waals surface area contributed by atoms with E-state index in [9.17, 15) is 14.9 Å². The summed E-state index contributed by atoms with van der Waals surface area (Å²) in [5.74, 6) is -0.00973. The van der Waals surface area contributed by atoms with E-state index >= 15 is 0 Å². The fraction of sp³-hybridized carbons (Fsp3) is 0.333. The van der Waals surface area contributed by atoms with E-state index < -0.39 is 4.92 Å². The molecule has 0 radical (unpaired) electrons. The summed E-state index contributed by atoms with van der Waals surface area (Å²) in [7, 11) is 0. The molecule has 1 aromatic rings. The lowest BCUT2D eigenvalue weighted by atomic mass is 9.96. The zero-order valence-corrected chi connectivity index (χ0v) is 11.8. The number of rotatable bonds is 4. The lowest BCUT2D eigenvalue weighted by molar-refractivity contribution is -0.385. The summed E-state index contributed by atoms with van der Waals surface area (Å²) in [5.41, 5.74) is 3.28. The van der Waals surface area contributed by atoms with E-state index in [-0.39, 0.29) is 11.6 Å². The van der Waals surface area contributed by atoms with E-state index in [0.717, 1.165) is 19.3 Å². The highest BCUT2D eigenvalue weighted by atomic mass is 16.6. The second-order valence-electron chi connectivity index (χ2n) is 5.02. The van der Waals surface area contributed by atoms with Crippen molar-refractivity contribution in [3.8, 4) is 0 Å². The molecule has 0 heterocycles. The smallest absolute Gasteiger partial charge is 0.267 e. The molecule has 0 bridgehead atoms. The Bertz CT molecular complexity index is 608. The maximum Gasteiger partial charge on any atom is 0.272 e. The van der Waals surface area contributed by atoms with Gasteiger partial charge in [0.25, 0.3) is 11.6 Å². The number of carbonyl (C=O) groups excluding carboxylic acids is 1. The number of amides is 1. The zero-order valence-electron chi connectivity index (χ0n) is 11.8. The highest BCUT2D eigenvalue weighted by molar-refractivity contribution is 5.94. The van der Waals surface area contributed by atoms with E-state index in [1.54, 1.807) is 13.1 Å². The topological polar surface area (TPSA) is 84.6 Å². The normalized spacial score (nSPS) is 17.9. The standard InChI is InChI=1S/C15H17N3O3/c1-11-9-13(7-8-14(11)18(20)21)15(19)17-16-10-12-5-3-2-4-6-12/h2-3,7-10,12H,4-6H2,1H3,(H,17,19)/b16-10+. The first-order valence-electron chi connectivity index (χ1n) is 6.81. The summed E-state index contributed by atoms with van der Waals surface area (Å²) in [5, 5.41) is 14.7. The first kappa shape index (κ1) is 14.9. The van der Waals surface area contributed by atoms with Crippen molar-refractivity contribution in [2.24, 2.45) is 11.0 Å². The molecular formula is C15H17N3O3. The number of hydrogen-bond acceptors (Lipinski definition) is 4. The van der Waals surface area contributed by atoms with Crippen LogP contribution in [-0.4, -0.2) is 17.0 Å². The van der Waals surface area contributed by atoms with Gasteiger partial charge in [-0.25, -0.2) is 5.43 Å².